The van der Waals surface area contributed by atoms with Crippen molar-refractivity contribution in [2.24, 2.45) is 7.05 Å². The van der Waals surface area contributed by atoms with E-state index in [1.807, 2.05) is 0 Å². The van der Waals surface area contributed by atoms with Gasteiger partial charge in [-0.15, -0.1) is 0 Å². The van der Waals surface area contributed by atoms with Crippen LogP contribution in [0.2, 0.25) is 10.0 Å². The second-order valence-corrected chi connectivity index (χ2v) is 8.50. The molecular weight excluding hydrogens is 425 g/mol. The molecule has 0 amide bonds. The quantitative estimate of drug-likeness (QED) is 0.611. The molecule has 0 aliphatic heterocycles. The van der Waals surface area contributed by atoms with E-state index in [4.69, 9.17) is 23.2 Å². The minimum Gasteiger partial charge on any atom is -0.476 e. The van der Waals surface area contributed by atoms with Gasteiger partial charge < -0.3 is 5.11 Å². The number of carboxylic acids is 1. The molecule has 1 heterocycles. The number of carbonyl (C=O) groups is 1. The van der Waals surface area contributed by atoms with Gasteiger partial charge in [0.15, 0.2) is 5.69 Å². The lowest BCUT2D eigenvalue weighted by Crippen LogP contribution is -2.30. The molecule has 3 rings (SSSR count). The average molecular weight is 440 g/mol. The first-order valence-electron chi connectivity index (χ1n) is 7.97. The Balaban J connectivity index is 2.09. The number of aromatic carboxylic acids is 1. The number of sulfonamides is 1. The molecule has 1 atom stereocenters. The van der Waals surface area contributed by atoms with E-state index in [0.29, 0.717) is 21.2 Å². The van der Waals surface area contributed by atoms with Crippen molar-refractivity contribution < 1.29 is 18.3 Å². The van der Waals surface area contributed by atoms with Crippen molar-refractivity contribution in [2.45, 2.75) is 10.9 Å². The monoisotopic (exact) mass is 439 g/mol. The van der Waals surface area contributed by atoms with Gasteiger partial charge in [-0.05, 0) is 35.4 Å². The van der Waals surface area contributed by atoms with Crippen LogP contribution in [0.25, 0.3) is 0 Å². The predicted molar refractivity (Wildman–Crippen MR) is 105 cm³/mol. The Hall–Kier alpha value is -2.39. The normalized spacial score (nSPS) is 12.7. The minimum absolute atomic E-state index is 0.427. The van der Waals surface area contributed by atoms with Crippen LogP contribution in [0, 0.1) is 0 Å². The molecule has 10 heteroatoms. The van der Waals surface area contributed by atoms with Crippen LogP contribution >= 0.6 is 23.2 Å². The molecule has 1 unspecified atom stereocenters. The molecule has 28 heavy (non-hydrogen) atoms. The van der Waals surface area contributed by atoms with Crippen LogP contribution in [-0.4, -0.2) is 29.3 Å². The SMILES string of the molecule is Cn1ncc(S(=O)(=O)NC(c2ccc(Cl)cc2)c2cccc(Cl)c2)c1C(=O)O. The van der Waals surface area contributed by atoms with Crippen molar-refractivity contribution in [3.8, 4) is 0 Å². The summed E-state index contributed by atoms with van der Waals surface area (Å²) in [5.41, 5.74) is 0.753. The van der Waals surface area contributed by atoms with E-state index in [1.165, 1.54) is 7.05 Å². The summed E-state index contributed by atoms with van der Waals surface area (Å²) in [6.45, 7) is 0. The van der Waals surface area contributed by atoms with Crippen molar-refractivity contribution in [1.82, 2.24) is 14.5 Å². The van der Waals surface area contributed by atoms with E-state index in [0.717, 1.165) is 10.9 Å². The number of carboxylic acid groups (broad SMARTS) is 1. The molecule has 0 spiro atoms. The lowest BCUT2D eigenvalue weighted by molar-refractivity contribution is 0.0680. The Morgan fingerprint density at radius 1 is 1.11 bits per heavy atom. The topological polar surface area (TPSA) is 101 Å². The average Bonchev–Trinajstić information content (AvgIpc) is 3.03. The molecule has 7 nitrogen and oxygen atoms in total. The third kappa shape index (κ3) is 4.20. The highest BCUT2D eigenvalue weighted by Crippen LogP contribution is 2.28. The lowest BCUT2D eigenvalue weighted by Gasteiger charge is -2.20. The molecule has 0 bridgehead atoms. The summed E-state index contributed by atoms with van der Waals surface area (Å²) in [4.78, 5) is 11.0. The maximum absolute atomic E-state index is 13.0. The van der Waals surface area contributed by atoms with E-state index >= 15 is 0 Å². The Kier molecular flexibility index (Phi) is 5.76. The highest BCUT2D eigenvalue weighted by atomic mass is 35.5. The van der Waals surface area contributed by atoms with Gasteiger partial charge >= 0.3 is 5.97 Å². The number of nitrogens with one attached hydrogen (secondary N) is 1. The molecule has 0 saturated carbocycles. The van der Waals surface area contributed by atoms with Crippen LogP contribution < -0.4 is 4.72 Å². The zero-order valence-corrected chi connectivity index (χ0v) is 16.8. The first-order chi connectivity index (χ1) is 13.2. The van der Waals surface area contributed by atoms with E-state index in [-0.39, 0.29) is 0 Å². The van der Waals surface area contributed by atoms with Gasteiger partial charge in [-0.25, -0.2) is 13.2 Å². The van der Waals surface area contributed by atoms with Crippen molar-refractivity contribution in [3.05, 3.63) is 81.6 Å². The van der Waals surface area contributed by atoms with Gasteiger partial charge in [-0.3, -0.25) is 4.68 Å². The molecule has 1 aromatic heterocycles. The smallest absolute Gasteiger partial charge is 0.355 e. The van der Waals surface area contributed by atoms with Crippen LogP contribution in [-0.2, 0) is 17.1 Å². The summed E-state index contributed by atoms with van der Waals surface area (Å²) < 4.78 is 29.5. The molecule has 2 N–H and O–H groups in total. The van der Waals surface area contributed by atoms with E-state index in [1.54, 1.807) is 48.5 Å². The van der Waals surface area contributed by atoms with Crippen LogP contribution in [0.15, 0.2) is 59.6 Å². The van der Waals surface area contributed by atoms with E-state index < -0.39 is 32.6 Å². The minimum atomic E-state index is -4.22. The number of aromatic nitrogens is 2. The maximum Gasteiger partial charge on any atom is 0.355 e. The van der Waals surface area contributed by atoms with Gasteiger partial charge in [-0.2, -0.15) is 9.82 Å². The highest BCUT2D eigenvalue weighted by molar-refractivity contribution is 7.89. The highest BCUT2D eigenvalue weighted by Gasteiger charge is 2.30. The third-order valence-corrected chi connectivity index (χ3v) is 5.97. The molecule has 0 aliphatic carbocycles. The van der Waals surface area contributed by atoms with Gasteiger partial charge in [0, 0.05) is 17.1 Å². The molecule has 0 aliphatic rings. The van der Waals surface area contributed by atoms with E-state index in [9.17, 15) is 18.3 Å². The summed E-state index contributed by atoms with van der Waals surface area (Å²) in [5.74, 6) is -1.40. The Morgan fingerprint density at radius 2 is 1.79 bits per heavy atom. The summed E-state index contributed by atoms with van der Waals surface area (Å²) in [7, 11) is -2.87. The summed E-state index contributed by atoms with van der Waals surface area (Å²) >= 11 is 12.0. The number of benzene rings is 2. The molecule has 0 saturated heterocycles. The predicted octanol–water partition coefficient (Wildman–Crippen LogP) is 3.49. The number of hydrogen-bond donors (Lipinski definition) is 2. The van der Waals surface area contributed by atoms with Gasteiger partial charge in [0.25, 0.3) is 0 Å². The van der Waals surface area contributed by atoms with Gasteiger partial charge in [0.1, 0.15) is 4.90 Å². The van der Waals surface area contributed by atoms with Crippen molar-refractivity contribution >= 4 is 39.2 Å². The first kappa shape index (κ1) is 20.3. The van der Waals surface area contributed by atoms with Gasteiger partial charge in [0.05, 0.1) is 12.2 Å². The van der Waals surface area contributed by atoms with Crippen molar-refractivity contribution in [2.75, 3.05) is 0 Å². The Morgan fingerprint density at radius 3 is 2.39 bits per heavy atom. The molecule has 0 fully saturated rings. The number of hydrogen-bond acceptors (Lipinski definition) is 4. The summed E-state index contributed by atoms with van der Waals surface area (Å²) in [5, 5.41) is 14.0. The molecular formula is C18H15Cl2N3O4S. The van der Waals surface area contributed by atoms with Crippen molar-refractivity contribution in [3.63, 3.8) is 0 Å². The Labute approximate surface area is 171 Å². The van der Waals surface area contributed by atoms with Gasteiger partial charge in [0.2, 0.25) is 10.0 Å². The van der Waals surface area contributed by atoms with Gasteiger partial charge in [-0.1, -0.05) is 47.5 Å². The fraction of sp³-hybridized carbons (Fsp3) is 0.111. The zero-order chi connectivity index (χ0) is 20.5. The standard InChI is InChI=1S/C18H15Cl2N3O4S/c1-23-17(18(24)25)15(10-21-23)28(26,27)22-16(11-5-7-13(19)8-6-11)12-3-2-4-14(20)9-12/h2-10,16,22H,1H3,(H,24,25). The lowest BCUT2D eigenvalue weighted by atomic mass is 10.00. The summed E-state index contributed by atoms with van der Waals surface area (Å²) in [6.07, 6.45) is 1.00. The first-order valence-corrected chi connectivity index (χ1v) is 10.2. The third-order valence-electron chi connectivity index (χ3n) is 4.06. The van der Waals surface area contributed by atoms with Crippen LogP contribution in [0.3, 0.4) is 0 Å². The second kappa shape index (κ2) is 7.92. The largest absolute Gasteiger partial charge is 0.476 e. The van der Waals surface area contributed by atoms with Crippen molar-refractivity contribution in [1.29, 1.82) is 0 Å². The summed E-state index contributed by atoms with van der Waals surface area (Å²) in [6, 6.07) is 12.5. The fourth-order valence-corrected chi connectivity index (χ4v) is 4.44. The maximum atomic E-state index is 13.0. The van der Waals surface area contributed by atoms with Crippen LogP contribution in [0.4, 0.5) is 0 Å². The van der Waals surface area contributed by atoms with Crippen LogP contribution in [0.5, 0.6) is 0 Å². The number of rotatable bonds is 6. The zero-order valence-electron chi connectivity index (χ0n) is 14.5. The number of halogens is 2. The second-order valence-electron chi connectivity index (χ2n) is 5.95. The van der Waals surface area contributed by atoms with E-state index in [2.05, 4.69) is 9.82 Å². The molecule has 146 valence electrons. The molecule has 2 aromatic carbocycles. The Bertz CT molecular complexity index is 1130. The number of aryl methyl sites for hydroxylation is 1. The molecule has 3 aromatic rings. The fourth-order valence-electron chi connectivity index (χ4n) is 2.75. The molecule has 0 radical (unpaired) electrons. The number of nitrogens with zero attached hydrogens (tertiary/aromatic N) is 2. The van der Waals surface area contributed by atoms with Crippen LogP contribution in [0.1, 0.15) is 27.7 Å².